The first-order valence-corrected chi connectivity index (χ1v) is 7.27. The zero-order valence-corrected chi connectivity index (χ0v) is 12.4. The van der Waals surface area contributed by atoms with Gasteiger partial charge in [-0.15, -0.1) is 0 Å². The molecule has 1 rings (SSSR count). The second kappa shape index (κ2) is 9.13. The largest absolute Gasteiger partial charge is 0.393 e. The number of aliphatic hydroxyl groups excluding tert-OH is 1. The maximum absolute atomic E-state index is 11.6. The summed E-state index contributed by atoms with van der Waals surface area (Å²) < 4.78 is 0. The Morgan fingerprint density at radius 2 is 1.90 bits per heavy atom. The van der Waals surface area contributed by atoms with Crippen LogP contribution in [0.5, 0.6) is 0 Å². The minimum atomic E-state index is -0.496. The first-order valence-electron chi connectivity index (χ1n) is 7.27. The molecule has 5 nitrogen and oxygen atoms in total. The molecule has 0 spiro atoms. The highest BCUT2D eigenvalue weighted by atomic mass is 16.3. The van der Waals surface area contributed by atoms with E-state index >= 15 is 0 Å². The summed E-state index contributed by atoms with van der Waals surface area (Å²) in [6.07, 6.45) is 1.60. The van der Waals surface area contributed by atoms with Gasteiger partial charge in [0.15, 0.2) is 0 Å². The Balaban J connectivity index is 2.16. The van der Waals surface area contributed by atoms with Gasteiger partial charge in [0.1, 0.15) is 0 Å². The number of benzene rings is 1. The normalized spacial score (nSPS) is 13.4. The van der Waals surface area contributed by atoms with Crippen LogP contribution in [0.4, 0.5) is 0 Å². The molecule has 0 aliphatic rings. The van der Waals surface area contributed by atoms with E-state index in [0.717, 1.165) is 6.42 Å². The van der Waals surface area contributed by atoms with Crippen molar-refractivity contribution in [3.05, 3.63) is 35.9 Å². The van der Waals surface area contributed by atoms with Gasteiger partial charge in [0, 0.05) is 13.0 Å². The summed E-state index contributed by atoms with van der Waals surface area (Å²) in [5, 5.41) is 12.5. The van der Waals surface area contributed by atoms with Crippen molar-refractivity contribution in [2.45, 2.75) is 38.7 Å². The lowest BCUT2D eigenvalue weighted by Crippen LogP contribution is -2.34. The predicted octanol–water partition coefficient (Wildman–Crippen LogP) is 0.998. The lowest BCUT2D eigenvalue weighted by Gasteiger charge is -2.12. The SMILES string of the molecule is CC(CNC(=O)CC[C@@H](O)CCc1ccccc1)C(N)=O. The van der Waals surface area contributed by atoms with Crippen molar-refractivity contribution in [3.63, 3.8) is 0 Å². The van der Waals surface area contributed by atoms with Gasteiger partial charge in [-0.3, -0.25) is 9.59 Å². The fourth-order valence-electron chi connectivity index (χ4n) is 1.88. The van der Waals surface area contributed by atoms with Gasteiger partial charge in [-0.05, 0) is 24.8 Å². The molecule has 5 heteroatoms. The van der Waals surface area contributed by atoms with Crippen molar-refractivity contribution >= 4 is 11.8 Å². The topological polar surface area (TPSA) is 92.4 Å². The van der Waals surface area contributed by atoms with E-state index in [2.05, 4.69) is 5.32 Å². The molecule has 1 aromatic rings. The van der Waals surface area contributed by atoms with E-state index < -0.39 is 12.0 Å². The zero-order valence-electron chi connectivity index (χ0n) is 12.4. The first-order chi connectivity index (χ1) is 9.99. The molecular formula is C16H24N2O3. The summed E-state index contributed by atoms with van der Waals surface area (Å²) in [4.78, 5) is 22.4. The van der Waals surface area contributed by atoms with E-state index in [1.165, 1.54) is 5.56 Å². The van der Waals surface area contributed by atoms with Crippen molar-refractivity contribution in [1.29, 1.82) is 0 Å². The van der Waals surface area contributed by atoms with Crippen molar-refractivity contribution in [2.24, 2.45) is 11.7 Å². The molecule has 0 saturated carbocycles. The standard InChI is InChI=1S/C16H24N2O3/c1-12(16(17)21)11-18-15(20)10-9-14(19)8-7-13-5-3-2-4-6-13/h2-6,12,14,19H,7-11H2,1H3,(H2,17,21)(H,18,20)/t12?,14-/m0/s1. The molecule has 0 heterocycles. The van der Waals surface area contributed by atoms with E-state index in [9.17, 15) is 14.7 Å². The average Bonchev–Trinajstić information content (AvgIpc) is 2.49. The second-order valence-electron chi connectivity index (χ2n) is 5.32. The van der Waals surface area contributed by atoms with Crippen LogP contribution in [0.25, 0.3) is 0 Å². The molecule has 0 fully saturated rings. The van der Waals surface area contributed by atoms with Gasteiger partial charge in [-0.25, -0.2) is 0 Å². The predicted molar refractivity (Wildman–Crippen MR) is 81.4 cm³/mol. The number of nitrogens with one attached hydrogen (secondary N) is 1. The number of aryl methyl sites for hydroxylation is 1. The summed E-state index contributed by atoms with van der Waals surface area (Å²) in [7, 11) is 0. The molecule has 2 amide bonds. The van der Waals surface area contributed by atoms with Crippen molar-refractivity contribution in [2.75, 3.05) is 6.54 Å². The van der Waals surface area contributed by atoms with Crippen molar-refractivity contribution < 1.29 is 14.7 Å². The van der Waals surface area contributed by atoms with E-state index in [1.54, 1.807) is 6.92 Å². The molecule has 0 aromatic heterocycles. The molecular weight excluding hydrogens is 268 g/mol. The molecule has 4 N–H and O–H groups in total. The molecule has 116 valence electrons. The van der Waals surface area contributed by atoms with Gasteiger partial charge < -0.3 is 16.2 Å². The Hall–Kier alpha value is -1.88. The van der Waals surface area contributed by atoms with E-state index in [0.29, 0.717) is 12.8 Å². The Morgan fingerprint density at radius 3 is 2.52 bits per heavy atom. The summed E-state index contributed by atoms with van der Waals surface area (Å²) in [5.74, 6) is -0.975. The van der Waals surface area contributed by atoms with E-state index in [4.69, 9.17) is 5.73 Å². The summed E-state index contributed by atoms with van der Waals surface area (Å²) in [5.41, 5.74) is 6.29. The third kappa shape index (κ3) is 7.46. The minimum absolute atomic E-state index is 0.165. The van der Waals surface area contributed by atoms with E-state index in [1.807, 2.05) is 30.3 Å². The molecule has 0 aliphatic heterocycles. The van der Waals surface area contributed by atoms with Crippen LogP contribution in [0.2, 0.25) is 0 Å². The van der Waals surface area contributed by atoms with Crippen LogP contribution < -0.4 is 11.1 Å². The number of nitrogens with two attached hydrogens (primary N) is 1. The molecule has 2 atom stereocenters. The van der Waals surface area contributed by atoms with Crippen LogP contribution >= 0.6 is 0 Å². The smallest absolute Gasteiger partial charge is 0.222 e. The van der Waals surface area contributed by atoms with Crippen LogP contribution in [-0.2, 0) is 16.0 Å². The van der Waals surface area contributed by atoms with Gasteiger partial charge >= 0.3 is 0 Å². The van der Waals surface area contributed by atoms with Crippen LogP contribution in [-0.4, -0.2) is 29.6 Å². The van der Waals surface area contributed by atoms with Crippen molar-refractivity contribution in [1.82, 2.24) is 5.32 Å². The lowest BCUT2D eigenvalue weighted by molar-refractivity contribution is -0.123. The number of carbonyl (C=O) groups excluding carboxylic acids is 2. The Kier molecular flexibility index (Phi) is 7.46. The number of primary amides is 1. The van der Waals surface area contributed by atoms with Crippen LogP contribution in [0.3, 0.4) is 0 Å². The Labute approximate surface area is 125 Å². The molecule has 0 aliphatic carbocycles. The number of carbonyl (C=O) groups is 2. The van der Waals surface area contributed by atoms with Gasteiger partial charge in [0.25, 0.3) is 0 Å². The maximum atomic E-state index is 11.6. The van der Waals surface area contributed by atoms with Gasteiger partial charge in [0.05, 0.1) is 12.0 Å². The fraction of sp³-hybridized carbons (Fsp3) is 0.500. The molecule has 0 bridgehead atoms. The highest BCUT2D eigenvalue weighted by molar-refractivity contribution is 5.79. The number of rotatable bonds is 9. The minimum Gasteiger partial charge on any atom is -0.393 e. The van der Waals surface area contributed by atoms with Gasteiger partial charge in [-0.2, -0.15) is 0 Å². The lowest BCUT2D eigenvalue weighted by atomic mass is 10.0. The molecule has 0 saturated heterocycles. The first kappa shape index (κ1) is 17.2. The van der Waals surface area contributed by atoms with Crippen LogP contribution in [0, 0.1) is 5.92 Å². The quantitative estimate of drug-likeness (QED) is 0.634. The zero-order chi connectivity index (χ0) is 15.7. The maximum Gasteiger partial charge on any atom is 0.222 e. The number of amides is 2. The number of aliphatic hydroxyl groups is 1. The van der Waals surface area contributed by atoms with E-state index in [-0.39, 0.29) is 24.8 Å². The van der Waals surface area contributed by atoms with Gasteiger partial charge in [-0.1, -0.05) is 37.3 Å². The Morgan fingerprint density at radius 1 is 1.24 bits per heavy atom. The third-order valence-corrected chi connectivity index (χ3v) is 3.40. The van der Waals surface area contributed by atoms with Crippen LogP contribution in [0.1, 0.15) is 31.7 Å². The monoisotopic (exact) mass is 292 g/mol. The number of hydrogen-bond donors (Lipinski definition) is 3. The van der Waals surface area contributed by atoms with Crippen molar-refractivity contribution in [3.8, 4) is 0 Å². The second-order valence-corrected chi connectivity index (χ2v) is 5.32. The van der Waals surface area contributed by atoms with Crippen LogP contribution in [0.15, 0.2) is 30.3 Å². The third-order valence-electron chi connectivity index (χ3n) is 3.40. The summed E-state index contributed by atoms with van der Waals surface area (Å²) in [6, 6.07) is 9.93. The highest BCUT2D eigenvalue weighted by Crippen LogP contribution is 2.08. The fourth-order valence-corrected chi connectivity index (χ4v) is 1.88. The molecule has 0 radical (unpaired) electrons. The average molecular weight is 292 g/mol. The molecule has 1 aromatic carbocycles. The summed E-state index contributed by atoms with van der Waals surface area (Å²) >= 11 is 0. The Bertz CT molecular complexity index is 448. The van der Waals surface area contributed by atoms with Gasteiger partial charge in [0.2, 0.25) is 11.8 Å². The molecule has 1 unspecified atom stereocenters. The highest BCUT2D eigenvalue weighted by Gasteiger charge is 2.12. The number of hydrogen-bond acceptors (Lipinski definition) is 3. The molecule has 21 heavy (non-hydrogen) atoms. The summed E-state index contributed by atoms with van der Waals surface area (Å²) in [6.45, 7) is 1.91.